The van der Waals surface area contributed by atoms with Crippen molar-refractivity contribution in [2.75, 3.05) is 10.2 Å². The molecule has 0 aliphatic heterocycles. The normalized spacial score (nSPS) is 37.9. The molecule has 2 saturated carbocycles. The summed E-state index contributed by atoms with van der Waals surface area (Å²) in [4.78, 5) is 12.3. The van der Waals surface area contributed by atoms with Crippen molar-refractivity contribution in [2.24, 2.45) is 11.3 Å². The van der Waals surface area contributed by atoms with E-state index in [-0.39, 0.29) is 28.5 Å². The first kappa shape index (κ1) is 13.9. The zero-order valence-corrected chi connectivity index (χ0v) is 13.7. The molecule has 0 radical (unpaired) electrons. The molecule has 2 aliphatic rings. The monoisotopic (exact) mass is 421 g/mol. The number of nitrogens with two attached hydrogens (primary N) is 1. The van der Waals surface area contributed by atoms with Crippen molar-refractivity contribution in [3.63, 3.8) is 0 Å². The third-order valence-corrected chi connectivity index (χ3v) is 6.43. The molecule has 21 heavy (non-hydrogen) atoms. The number of anilines is 1. The van der Waals surface area contributed by atoms with Crippen LogP contribution in [-0.4, -0.2) is 46.4 Å². The lowest BCUT2D eigenvalue weighted by atomic mass is 10.0. The second-order valence-electron chi connectivity index (χ2n) is 5.81. The number of halogens is 2. The molecule has 0 saturated heterocycles. The largest absolute Gasteiger partial charge is 0.390 e. The lowest BCUT2D eigenvalue weighted by Crippen LogP contribution is -2.34. The Morgan fingerprint density at radius 2 is 2.24 bits per heavy atom. The summed E-state index contributed by atoms with van der Waals surface area (Å²) < 4.78 is 2.59. The lowest BCUT2D eigenvalue weighted by molar-refractivity contribution is -0.0121. The number of hydrogen-bond acceptors (Lipinski definition) is 6. The number of alkyl halides is 1. The molecular formula is C12H13ClIN5O2. The van der Waals surface area contributed by atoms with Gasteiger partial charge in [-0.3, -0.25) is 0 Å². The molecule has 112 valence electrons. The van der Waals surface area contributed by atoms with Crippen LogP contribution in [0.4, 0.5) is 5.82 Å². The predicted molar refractivity (Wildman–Crippen MR) is 85.2 cm³/mol. The van der Waals surface area contributed by atoms with Crippen molar-refractivity contribution >= 4 is 51.2 Å². The van der Waals surface area contributed by atoms with Crippen molar-refractivity contribution in [3.8, 4) is 0 Å². The van der Waals surface area contributed by atoms with Gasteiger partial charge < -0.3 is 20.5 Å². The fourth-order valence-corrected chi connectivity index (χ4v) is 5.14. The number of rotatable bonds is 2. The molecule has 1 unspecified atom stereocenters. The average Bonchev–Trinajstić information content (AvgIpc) is 2.97. The van der Waals surface area contributed by atoms with Gasteiger partial charge in [-0.05, 0) is 23.9 Å². The molecule has 0 bridgehead atoms. The summed E-state index contributed by atoms with van der Waals surface area (Å²) in [5, 5.41) is 20.8. The minimum absolute atomic E-state index is 0.0470. The van der Waals surface area contributed by atoms with E-state index in [4.69, 9.17) is 17.3 Å². The van der Waals surface area contributed by atoms with Crippen LogP contribution >= 0.6 is 34.2 Å². The quantitative estimate of drug-likeness (QED) is 0.375. The van der Waals surface area contributed by atoms with E-state index in [2.05, 4.69) is 37.5 Å². The average molecular weight is 422 g/mol. The first-order valence-electron chi connectivity index (χ1n) is 6.57. The SMILES string of the molecule is Nc1nc(Cl)nc2c1ncn2[C@H]1[C@H](O)[C@H](O)C2(CI)C[C@H]12. The van der Waals surface area contributed by atoms with Gasteiger partial charge in [-0.15, -0.1) is 0 Å². The highest BCUT2D eigenvalue weighted by Crippen LogP contribution is 2.68. The molecule has 0 spiro atoms. The van der Waals surface area contributed by atoms with E-state index >= 15 is 0 Å². The molecule has 2 aliphatic carbocycles. The van der Waals surface area contributed by atoms with Gasteiger partial charge in [0.05, 0.1) is 18.5 Å². The molecule has 2 aromatic heterocycles. The van der Waals surface area contributed by atoms with Crippen molar-refractivity contribution in [3.05, 3.63) is 11.6 Å². The molecule has 2 heterocycles. The maximum absolute atomic E-state index is 10.4. The molecule has 4 N–H and O–H groups in total. The minimum Gasteiger partial charge on any atom is -0.390 e. The van der Waals surface area contributed by atoms with E-state index < -0.39 is 12.2 Å². The van der Waals surface area contributed by atoms with Crippen molar-refractivity contribution in [1.29, 1.82) is 0 Å². The second-order valence-corrected chi connectivity index (χ2v) is 6.91. The maximum atomic E-state index is 10.4. The molecule has 0 aromatic carbocycles. The minimum atomic E-state index is -0.842. The topological polar surface area (TPSA) is 110 Å². The van der Waals surface area contributed by atoms with E-state index in [1.165, 1.54) is 0 Å². The summed E-state index contributed by atoms with van der Waals surface area (Å²) in [6.07, 6.45) is 0.920. The fraction of sp³-hybridized carbons (Fsp3) is 0.583. The van der Waals surface area contributed by atoms with E-state index in [1.54, 1.807) is 10.9 Å². The van der Waals surface area contributed by atoms with Gasteiger partial charge in [0.2, 0.25) is 5.28 Å². The number of fused-ring (bicyclic) bond motifs is 2. The van der Waals surface area contributed by atoms with Crippen LogP contribution < -0.4 is 5.73 Å². The Kier molecular flexibility index (Phi) is 2.92. The van der Waals surface area contributed by atoms with Crippen LogP contribution in [0.3, 0.4) is 0 Å². The third-order valence-electron chi connectivity index (χ3n) is 4.84. The Morgan fingerprint density at radius 3 is 2.90 bits per heavy atom. The van der Waals surface area contributed by atoms with Crippen molar-refractivity contribution < 1.29 is 10.2 Å². The molecule has 0 amide bonds. The van der Waals surface area contributed by atoms with E-state index in [9.17, 15) is 10.2 Å². The molecule has 2 aromatic rings. The van der Waals surface area contributed by atoms with E-state index in [0.29, 0.717) is 11.2 Å². The van der Waals surface area contributed by atoms with Gasteiger partial charge in [-0.2, -0.15) is 9.97 Å². The Balaban J connectivity index is 1.85. The number of nitrogen functional groups attached to an aromatic ring is 1. The van der Waals surface area contributed by atoms with Crippen molar-refractivity contribution in [1.82, 2.24) is 19.5 Å². The van der Waals surface area contributed by atoms with Gasteiger partial charge in [-0.25, -0.2) is 4.98 Å². The Morgan fingerprint density at radius 1 is 1.48 bits per heavy atom. The van der Waals surface area contributed by atoms with Crippen molar-refractivity contribution in [2.45, 2.75) is 24.7 Å². The number of imidazole rings is 1. The lowest BCUT2D eigenvalue weighted by Gasteiger charge is -2.23. The Hall–Kier alpha value is -0.710. The highest BCUT2D eigenvalue weighted by molar-refractivity contribution is 14.1. The van der Waals surface area contributed by atoms with Crippen LogP contribution in [0.25, 0.3) is 11.2 Å². The van der Waals surface area contributed by atoms with Crippen LogP contribution in [-0.2, 0) is 0 Å². The third kappa shape index (κ3) is 1.70. The molecule has 2 fully saturated rings. The van der Waals surface area contributed by atoms with Crippen LogP contribution in [0, 0.1) is 11.3 Å². The highest BCUT2D eigenvalue weighted by Gasteiger charge is 2.70. The first-order chi connectivity index (χ1) is 9.99. The van der Waals surface area contributed by atoms with E-state index in [0.717, 1.165) is 10.8 Å². The summed E-state index contributed by atoms with van der Waals surface area (Å²) in [6, 6.07) is -0.259. The summed E-state index contributed by atoms with van der Waals surface area (Å²) >= 11 is 8.14. The number of aliphatic hydroxyl groups is 2. The van der Waals surface area contributed by atoms with Gasteiger partial charge in [0.25, 0.3) is 0 Å². The summed E-state index contributed by atoms with van der Waals surface area (Å²) in [5.74, 6) is 0.430. The summed E-state index contributed by atoms with van der Waals surface area (Å²) in [5.41, 5.74) is 6.58. The zero-order valence-electron chi connectivity index (χ0n) is 10.8. The van der Waals surface area contributed by atoms with Gasteiger partial charge in [0, 0.05) is 9.84 Å². The standard InChI is InChI=1S/C12H13ClIN5O2/c13-11-17-9(15)5-10(18-11)19(3-16-5)6-4-1-12(4,2-14)8(21)7(6)20/h3-4,6-8,20-21H,1-2H2,(H2,15,17,18)/t4-,6-,7+,8+,12?/m1/s1. The van der Waals surface area contributed by atoms with Crippen LogP contribution in [0.2, 0.25) is 5.28 Å². The highest BCUT2D eigenvalue weighted by atomic mass is 127. The van der Waals surface area contributed by atoms with Gasteiger partial charge in [-0.1, -0.05) is 22.6 Å². The van der Waals surface area contributed by atoms with Crippen LogP contribution in [0.5, 0.6) is 0 Å². The molecule has 9 heteroatoms. The second kappa shape index (κ2) is 4.40. The Bertz CT molecular complexity index is 740. The van der Waals surface area contributed by atoms with Crippen LogP contribution in [0.1, 0.15) is 12.5 Å². The molecule has 5 atom stereocenters. The van der Waals surface area contributed by atoms with Gasteiger partial charge in [0.15, 0.2) is 11.5 Å². The zero-order chi connectivity index (χ0) is 14.9. The first-order valence-corrected chi connectivity index (χ1v) is 8.47. The molecule has 7 nitrogen and oxygen atoms in total. The maximum Gasteiger partial charge on any atom is 0.226 e. The molecule has 4 rings (SSSR count). The number of aromatic nitrogens is 4. The summed E-state index contributed by atoms with van der Waals surface area (Å²) in [6.45, 7) is 0. The van der Waals surface area contributed by atoms with Crippen LogP contribution in [0.15, 0.2) is 6.33 Å². The smallest absolute Gasteiger partial charge is 0.226 e. The Labute approximate surface area is 138 Å². The number of aliphatic hydroxyl groups excluding tert-OH is 2. The molecular weight excluding hydrogens is 409 g/mol. The number of nitrogens with zero attached hydrogens (tertiary/aromatic N) is 4. The van der Waals surface area contributed by atoms with Gasteiger partial charge in [0.1, 0.15) is 11.6 Å². The number of hydrogen-bond donors (Lipinski definition) is 3. The summed E-state index contributed by atoms with van der Waals surface area (Å²) in [7, 11) is 0. The van der Waals surface area contributed by atoms with Gasteiger partial charge >= 0.3 is 0 Å². The fourth-order valence-electron chi connectivity index (χ4n) is 3.64. The predicted octanol–water partition coefficient (Wildman–Crippen LogP) is 0.780. The van der Waals surface area contributed by atoms with E-state index in [1.807, 2.05) is 0 Å².